The Hall–Kier alpha value is -2.04. The number of carboxylic acids is 1. The van der Waals surface area contributed by atoms with Gasteiger partial charge in [0.1, 0.15) is 0 Å². The van der Waals surface area contributed by atoms with E-state index in [2.05, 4.69) is 5.32 Å². The van der Waals surface area contributed by atoms with Gasteiger partial charge in [-0.15, -0.1) is 0 Å². The first-order valence-electron chi connectivity index (χ1n) is 6.83. The van der Waals surface area contributed by atoms with Crippen LogP contribution in [-0.2, 0) is 4.79 Å². The standard InChI is InChI=1S/C15H20N2O3/c1-10-5-6-13(8-11(10)2)16-15(20)17-7-3-4-12(9-17)14(18)19/h5-6,8,12H,3-4,7,9H2,1-2H3,(H,16,20)(H,18,19)/t12-/m0/s1. The van der Waals surface area contributed by atoms with E-state index in [1.165, 1.54) is 5.56 Å². The van der Waals surface area contributed by atoms with Gasteiger partial charge in [0.05, 0.1) is 5.92 Å². The average molecular weight is 276 g/mol. The van der Waals surface area contributed by atoms with E-state index in [1.807, 2.05) is 32.0 Å². The number of piperidine rings is 1. The molecule has 1 atom stereocenters. The molecule has 20 heavy (non-hydrogen) atoms. The van der Waals surface area contributed by atoms with Gasteiger partial charge in [0.15, 0.2) is 0 Å². The number of carbonyl (C=O) groups is 2. The van der Waals surface area contributed by atoms with Crippen molar-refractivity contribution in [2.45, 2.75) is 26.7 Å². The monoisotopic (exact) mass is 276 g/mol. The Morgan fingerprint density at radius 1 is 1.30 bits per heavy atom. The van der Waals surface area contributed by atoms with Crippen molar-refractivity contribution in [1.29, 1.82) is 0 Å². The molecule has 1 aromatic carbocycles. The Balaban J connectivity index is 2.00. The zero-order chi connectivity index (χ0) is 14.7. The number of nitrogens with one attached hydrogen (secondary N) is 1. The van der Waals surface area contributed by atoms with Crippen LogP contribution in [0.4, 0.5) is 10.5 Å². The first-order valence-corrected chi connectivity index (χ1v) is 6.83. The van der Waals surface area contributed by atoms with E-state index in [0.29, 0.717) is 13.0 Å². The number of amides is 2. The predicted molar refractivity (Wildman–Crippen MR) is 76.9 cm³/mol. The van der Waals surface area contributed by atoms with E-state index < -0.39 is 11.9 Å². The van der Waals surface area contributed by atoms with Crippen molar-refractivity contribution in [3.63, 3.8) is 0 Å². The fourth-order valence-electron chi connectivity index (χ4n) is 2.38. The highest BCUT2D eigenvalue weighted by molar-refractivity contribution is 5.90. The Morgan fingerprint density at radius 3 is 2.70 bits per heavy atom. The van der Waals surface area contributed by atoms with Gasteiger partial charge in [-0.25, -0.2) is 4.79 Å². The second kappa shape index (κ2) is 5.94. The number of rotatable bonds is 2. The lowest BCUT2D eigenvalue weighted by atomic mass is 9.99. The third-order valence-corrected chi connectivity index (χ3v) is 3.82. The Morgan fingerprint density at radius 2 is 2.05 bits per heavy atom. The summed E-state index contributed by atoms with van der Waals surface area (Å²) in [5, 5.41) is 11.9. The number of carbonyl (C=O) groups excluding carboxylic acids is 1. The van der Waals surface area contributed by atoms with Gasteiger partial charge in [0.2, 0.25) is 0 Å². The molecule has 0 saturated carbocycles. The highest BCUT2D eigenvalue weighted by atomic mass is 16.4. The van der Waals surface area contributed by atoms with Crippen LogP contribution in [0.15, 0.2) is 18.2 Å². The molecule has 0 spiro atoms. The van der Waals surface area contributed by atoms with Crippen LogP contribution in [0.3, 0.4) is 0 Å². The zero-order valence-electron chi connectivity index (χ0n) is 11.8. The van der Waals surface area contributed by atoms with Crippen LogP contribution < -0.4 is 5.32 Å². The fourth-order valence-corrected chi connectivity index (χ4v) is 2.38. The molecular formula is C15H20N2O3. The molecule has 0 aromatic heterocycles. The first kappa shape index (κ1) is 14.4. The minimum Gasteiger partial charge on any atom is -0.481 e. The van der Waals surface area contributed by atoms with Gasteiger partial charge >= 0.3 is 12.0 Å². The number of hydrogen-bond donors (Lipinski definition) is 2. The Kier molecular flexibility index (Phi) is 4.27. The van der Waals surface area contributed by atoms with Crippen LogP contribution in [0.25, 0.3) is 0 Å². The van der Waals surface area contributed by atoms with Gasteiger partial charge in [0, 0.05) is 18.8 Å². The minimum atomic E-state index is -0.825. The summed E-state index contributed by atoms with van der Waals surface area (Å²) >= 11 is 0. The number of nitrogens with zero attached hydrogens (tertiary/aromatic N) is 1. The van der Waals surface area contributed by atoms with Crippen molar-refractivity contribution in [1.82, 2.24) is 4.90 Å². The van der Waals surface area contributed by atoms with E-state index in [9.17, 15) is 9.59 Å². The van der Waals surface area contributed by atoms with E-state index >= 15 is 0 Å². The summed E-state index contributed by atoms with van der Waals surface area (Å²) in [6.07, 6.45) is 1.38. The third-order valence-electron chi connectivity index (χ3n) is 3.82. The maximum atomic E-state index is 12.2. The molecule has 1 aromatic rings. The van der Waals surface area contributed by atoms with Gasteiger partial charge in [-0.3, -0.25) is 4.79 Å². The summed E-state index contributed by atoms with van der Waals surface area (Å²) in [4.78, 5) is 24.7. The molecule has 0 aliphatic carbocycles. The van der Waals surface area contributed by atoms with E-state index in [4.69, 9.17) is 5.11 Å². The molecule has 1 aliphatic rings. The number of aryl methyl sites for hydroxylation is 2. The molecule has 1 fully saturated rings. The van der Waals surface area contributed by atoms with Crippen molar-refractivity contribution in [3.8, 4) is 0 Å². The third kappa shape index (κ3) is 3.29. The number of aliphatic carboxylic acids is 1. The molecule has 2 rings (SSSR count). The lowest BCUT2D eigenvalue weighted by molar-refractivity contribution is -0.143. The molecule has 0 unspecified atom stereocenters. The molecule has 0 bridgehead atoms. The van der Waals surface area contributed by atoms with Crippen molar-refractivity contribution in [3.05, 3.63) is 29.3 Å². The number of benzene rings is 1. The number of urea groups is 1. The molecule has 108 valence electrons. The largest absolute Gasteiger partial charge is 0.481 e. The van der Waals surface area contributed by atoms with Crippen molar-refractivity contribution < 1.29 is 14.7 Å². The summed E-state index contributed by atoms with van der Waals surface area (Å²) in [7, 11) is 0. The molecular weight excluding hydrogens is 256 g/mol. The summed E-state index contributed by atoms with van der Waals surface area (Å²) in [6.45, 7) is 4.90. The van der Waals surface area contributed by atoms with Gasteiger partial charge in [0.25, 0.3) is 0 Å². The maximum absolute atomic E-state index is 12.2. The van der Waals surface area contributed by atoms with Gasteiger partial charge in [-0.05, 0) is 49.9 Å². The lowest BCUT2D eigenvalue weighted by Gasteiger charge is -2.30. The number of likely N-dealkylation sites (tertiary alicyclic amines) is 1. The van der Waals surface area contributed by atoms with Crippen molar-refractivity contribution in [2.24, 2.45) is 5.92 Å². The highest BCUT2D eigenvalue weighted by Gasteiger charge is 2.28. The van der Waals surface area contributed by atoms with E-state index in [-0.39, 0.29) is 12.6 Å². The summed E-state index contributed by atoms with van der Waals surface area (Å²) in [6, 6.07) is 5.52. The van der Waals surface area contributed by atoms with Crippen LogP contribution in [-0.4, -0.2) is 35.1 Å². The number of hydrogen-bond acceptors (Lipinski definition) is 2. The van der Waals surface area contributed by atoms with Gasteiger partial charge in [-0.1, -0.05) is 6.07 Å². The van der Waals surface area contributed by atoms with Crippen LogP contribution in [0.5, 0.6) is 0 Å². The SMILES string of the molecule is Cc1ccc(NC(=O)N2CCC[C@H](C(=O)O)C2)cc1C. The van der Waals surface area contributed by atoms with Crippen molar-refractivity contribution >= 4 is 17.7 Å². The zero-order valence-corrected chi connectivity index (χ0v) is 11.8. The molecule has 1 saturated heterocycles. The molecule has 2 amide bonds. The van der Waals surface area contributed by atoms with E-state index in [0.717, 1.165) is 17.7 Å². The van der Waals surface area contributed by atoms with Crippen molar-refractivity contribution in [2.75, 3.05) is 18.4 Å². The number of anilines is 1. The maximum Gasteiger partial charge on any atom is 0.321 e. The number of carboxylic acid groups (broad SMARTS) is 1. The smallest absolute Gasteiger partial charge is 0.321 e. The van der Waals surface area contributed by atoms with Crippen LogP contribution in [0.2, 0.25) is 0 Å². The predicted octanol–water partition coefficient (Wildman–Crippen LogP) is 2.63. The molecule has 5 heteroatoms. The van der Waals surface area contributed by atoms with Gasteiger partial charge < -0.3 is 15.3 Å². The summed E-state index contributed by atoms with van der Waals surface area (Å²) in [5.74, 6) is -1.28. The highest BCUT2D eigenvalue weighted by Crippen LogP contribution is 2.19. The summed E-state index contributed by atoms with van der Waals surface area (Å²) in [5.41, 5.74) is 3.03. The van der Waals surface area contributed by atoms with Crippen LogP contribution in [0, 0.1) is 19.8 Å². The molecule has 1 aliphatic heterocycles. The first-order chi connectivity index (χ1) is 9.47. The molecule has 2 N–H and O–H groups in total. The quantitative estimate of drug-likeness (QED) is 0.872. The Labute approximate surface area is 118 Å². The van der Waals surface area contributed by atoms with Gasteiger partial charge in [-0.2, -0.15) is 0 Å². The average Bonchev–Trinajstić information content (AvgIpc) is 2.43. The second-order valence-corrected chi connectivity index (χ2v) is 5.35. The molecule has 5 nitrogen and oxygen atoms in total. The fraction of sp³-hybridized carbons (Fsp3) is 0.467. The molecule has 0 radical (unpaired) electrons. The Bertz CT molecular complexity index is 528. The van der Waals surface area contributed by atoms with E-state index in [1.54, 1.807) is 4.90 Å². The minimum absolute atomic E-state index is 0.223. The topological polar surface area (TPSA) is 69.6 Å². The normalized spacial score (nSPS) is 18.7. The lowest BCUT2D eigenvalue weighted by Crippen LogP contribution is -2.44. The van der Waals surface area contributed by atoms with Crippen LogP contribution >= 0.6 is 0 Å². The molecule has 1 heterocycles. The second-order valence-electron chi connectivity index (χ2n) is 5.35. The van der Waals surface area contributed by atoms with Crippen LogP contribution in [0.1, 0.15) is 24.0 Å². The summed E-state index contributed by atoms with van der Waals surface area (Å²) < 4.78 is 0.